The van der Waals surface area contributed by atoms with Crippen molar-refractivity contribution in [2.75, 3.05) is 25.2 Å². The summed E-state index contributed by atoms with van der Waals surface area (Å²) in [4.78, 5) is 77.4. The van der Waals surface area contributed by atoms with Gasteiger partial charge in [0.1, 0.15) is 48.3 Å². The number of anilines is 1. The molecule has 7 atom stereocenters. The molecular weight excluding hydrogens is 846 g/mol. The van der Waals surface area contributed by atoms with Crippen LogP contribution < -0.4 is 14.4 Å². The summed E-state index contributed by atoms with van der Waals surface area (Å²) in [5.41, 5.74) is 3.27. The van der Waals surface area contributed by atoms with E-state index in [4.69, 9.17) is 37.9 Å². The van der Waals surface area contributed by atoms with Crippen LogP contribution in [-0.2, 0) is 47.6 Å². The van der Waals surface area contributed by atoms with E-state index in [0.717, 1.165) is 32.3 Å². The molecule has 0 saturated carbocycles. The summed E-state index contributed by atoms with van der Waals surface area (Å²) in [5.74, 6) is -2.69. The third-order valence-electron chi connectivity index (χ3n) is 10.6. The zero-order valence-corrected chi connectivity index (χ0v) is 36.7. The monoisotopic (exact) mass is 895 g/mol. The van der Waals surface area contributed by atoms with Gasteiger partial charge in [0, 0.05) is 44.5 Å². The van der Waals surface area contributed by atoms with Crippen LogP contribution in [-0.4, -0.2) is 86.6 Å². The summed E-state index contributed by atoms with van der Waals surface area (Å²) in [6, 6.07) is 23.8. The Hall–Kier alpha value is -7.07. The van der Waals surface area contributed by atoms with E-state index in [1.54, 1.807) is 48.5 Å². The van der Waals surface area contributed by atoms with Crippen molar-refractivity contribution in [2.45, 2.75) is 90.1 Å². The van der Waals surface area contributed by atoms with Crippen LogP contribution in [0.5, 0.6) is 11.5 Å². The maximum Gasteiger partial charge on any atom is 0.415 e. The molecule has 4 aromatic carbocycles. The highest BCUT2D eigenvalue weighted by atomic mass is 19.1. The number of nitrogens with zero attached hydrogens (tertiary/aromatic N) is 1. The fourth-order valence-corrected chi connectivity index (χ4v) is 7.63. The van der Waals surface area contributed by atoms with Crippen LogP contribution in [0.1, 0.15) is 81.1 Å². The van der Waals surface area contributed by atoms with E-state index in [9.17, 15) is 33.2 Å². The van der Waals surface area contributed by atoms with Crippen LogP contribution in [0.15, 0.2) is 103 Å². The molecule has 0 aromatic heterocycles. The molecule has 2 aliphatic heterocycles. The topological polar surface area (TPSA) is 180 Å². The number of methoxy groups -OCH3 is 1. The zero-order chi connectivity index (χ0) is 46.8. The molecule has 342 valence electrons. The number of rotatable bonds is 17. The average molecular weight is 896 g/mol. The number of carbonyl (C=O) groups excluding carboxylic acids is 6. The van der Waals surface area contributed by atoms with Crippen molar-refractivity contribution in [3.05, 3.63) is 126 Å². The first-order valence-electron chi connectivity index (χ1n) is 21.0. The second-order valence-electron chi connectivity index (χ2n) is 15.3. The third kappa shape index (κ3) is 11.7. The van der Waals surface area contributed by atoms with Gasteiger partial charge in [-0.25, -0.2) is 9.18 Å². The highest BCUT2D eigenvalue weighted by Gasteiger charge is 2.52. The van der Waals surface area contributed by atoms with Gasteiger partial charge in [0.15, 0.2) is 24.1 Å². The molecule has 0 aliphatic carbocycles. The molecule has 2 saturated heterocycles. The van der Waals surface area contributed by atoms with Gasteiger partial charge in [0.2, 0.25) is 0 Å². The van der Waals surface area contributed by atoms with Crippen molar-refractivity contribution in [2.24, 2.45) is 0 Å². The number of amides is 1. The van der Waals surface area contributed by atoms with Gasteiger partial charge in [-0.15, -0.1) is 0 Å². The van der Waals surface area contributed by atoms with Crippen molar-refractivity contribution < 1.29 is 71.1 Å². The Balaban J connectivity index is 1.38. The number of carbonyl (C=O) groups is 6. The molecule has 65 heavy (non-hydrogen) atoms. The van der Waals surface area contributed by atoms with Gasteiger partial charge in [-0.2, -0.15) is 0 Å². The van der Waals surface area contributed by atoms with Crippen LogP contribution in [0.4, 0.5) is 14.9 Å². The van der Waals surface area contributed by atoms with E-state index in [1.165, 1.54) is 62.3 Å². The minimum absolute atomic E-state index is 0.253. The highest BCUT2D eigenvalue weighted by Crippen LogP contribution is 2.44. The summed E-state index contributed by atoms with van der Waals surface area (Å²) in [6.07, 6.45) is -3.36. The lowest BCUT2D eigenvalue weighted by Crippen LogP contribution is -2.59. The van der Waals surface area contributed by atoms with Crippen molar-refractivity contribution in [1.29, 1.82) is 0 Å². The van der Waals surface area contributed by atoms with E-state index in [0.29, 0.717) is 40.5 Å². The van der Waals surface area contributed by atoms with Crippen LogP contribution in [0.2, 0.25) is 0 Å². The minimum Gasteiger partial charge on any atom is -0.497 e. The number of ketones is 1. The predicted octanol–water partition coefficient (Wildman–Crippen LogP) is 7.98. The van der Waals surface area contributed by atoms with Crippen molar-refractivity contribution in [3.8, 4) is 22.6 Å². The molecule has 2 fully saturated rings. The number of cyclic esters (lactones) is 1. The fraction of sp³-hybridized carbons (Fsp3) is 0.347. The number of hydrogen-bond acceptors (Lipinski definition) is 14. The molecule has 15 nitrogen and oxygen atoms in total. The molecular formula is C49H50FNO14. The smallest absolute Gasteiger partial charge is 0.415 e. The van der Waals surface area contributed by atoms with Crippen LogP contribution >= 0.6 is 0 Å². The molecule has 0 spiro atoms. The molecule has 2 heterocycles. The van der Waals surface area contributed by atoms with Gasteiger partial charge in [0.25, 0.3) is 0 Å². The second kappa shape index (κ2) is 21.5. The van der Waals surface area contributed by atoms with Gasteiger partial charge in [0.05, 0.1) is 13.7 Å². The number of halogens is 1. The predicted molar refractivity (Wildman–Crippen MR) is 232 cm³/mol. The largest absolute Gasteiger partial charge is 0.497 e. The lowest BCUT2D eigenvalue weighted by atomic mass is 9.89. The molecule has 0 radical (unpaired) electrons. The number of esters is 4. The fourth-order valence-electron chi connectivity index (χ4n) is 7.63. The van der Waals surface area contributed by atoms with Crippen LogP contribution in [0.25, 0.3) is 11.1 Å². The van der Waals surface area contributed by atoms with Crippen LogP contribution in [0, 0.1) is 5.82 Å². The molecule has 1 unspecified atom stereocenters. The quantitative estimate of drug-likeness (QED) is 0.0327. The summed E-state index contributed by atoms with van der Waals surface area (Å²) >= 11 is 0. The maximum absolute atomic E-state index is 13.8. The Kier molecular flexibility index (Phi) is 15.7. The SMILES string of the molecule is CCCCOc1cc(-c2ccc(C3O[C@H](COC(C)=O)[C@@H](OC(C)=O)[C@H](OC(C)=O)[C@H]3OC(C)=O)cc2)ccc1[C@@H]1[C@@H](/C=C/C(=O)c2ccc(F)cc2)OC(=O)N1c1ccc(OC)cc1. The number of benzene rings is 4. The first kappa shape index (κ1) is 47.4. The lowest BCUT2D eigenvalue weighted by molar-refractivity contribution is -0.254. The normalized spacial score (nSPS) is 21.6. The Bertz CT molecular complexity index is 2380. The van der Waals surface area contributed by atoms with Crippen LogP contribution in [0.3, 0.4) is 0 Å². The van der Waals surface area contributed by atoms with Crippen molar-refractivity contribution >= 4 is 41.4 Å². The maximum atomic E-state index is 13.8. The second-order valence-corrected chi connectivity index (χ2v) is 15.3. The zero-order valence-electron chi connectivity index (χ0n) is 36.7. The first-order chi connectivity index (χ1) is 31.2. The van der Waals surface area contributed by atoms with E-state index in [1.807, 2.05) is 25.1 Å². The standard InChI is InChI=1S/C49H50FNO14/c1-7-8-25-59-42-26-35(32-9-11-34(12-10-32)45-47(62-30(4)54)48(63-31(5)55)46(61-29(3)53)43(64-45)27-60-28(2)52)15-22-39(42)44-41(24-23-40(56)33-13-16-36(50)17-14-33)65-49(57)51(44)37-18-20-38(58-6)21-19-37/h9-24,26,41,43-48H,7-8,25,27H2,1-6H3/b24-23+/t41-,43-,44-,45?,46-,47+,48+/m1/s1. The van der Waals surface area contributed by atoms with Crippen molar-refractivity contribution in [3.63, 3.8) is 0 Å². The molecule has 16 heteroatoms. The molecule has 6 rings (SSSR count). The Morgan fingerprint density at radius 2 is 1.38 bits per heavy atom. The van der Waals surface area contributed by atoms with Gasteiger partial charge < -0.3 is 37.9 Å². The molecule has 0 N–H and O–H groups in total. The Morgan fingerprint density at radius 3 is 2.00 bits per heavy atom. The molecule has 1 amide bonds. The van der Waals surface area contributed by atoms with Gasteiger partial charge >= 0.3 is 30.0 Å². The third-order valence-corrected chi connectivity index (χ3v) is 10.6. The van der Waals surface area contributed by atoms with Gasteiger partial charge in [-0.3, -0.25) is 28.9 Å². The molecule has 2 aliphatic rings. The minimum atomic E-state index is -1.33. The number of ether oxygens (including phenoxy) is 8. The number of unbranched alkanes of at least 4 members (excludes halogenated alkanes) is 1. The number of hydrogen-bond donors (Lipinski definition) is 0. The Labute approximate surface area is 375 Å². The lowest BCUT2D eigenvalue weighted by Gasteiger charge is -2.44. The van der Waals surface area contributed by atoms with E-state index >= 15 is 0 Å². The van der Waals surface area contributed by atoms with E-state index in [2.05, 4.69) is 0 Å². The molecule has 0 bridgehead atoms. The van der Waals surface area contributed by atoms with Gasteiger partial charge in [-0.05, 0) is 89.9 Å². The Morgan fingerprint density at radius 1 is 0.754 bits per heavy atom. The van der Waals surface area contributed by atoms with E-state index < -0.39 is 84.2 Å². The van der Waals surface area contributed by atoms with E-state index in [-0.39, 0.29) is 12.2 Å². The van der Waals surface area contributed by atoms with Gasteiger partial charge in [-0.1, -0.05) is 49.7 Å². The summed E-state index contributed by atoms with van der Waals surface area (Å²) < 4.78 is 59.8. The highest BCUT2D eigenvalue weighted by molar-refractivity contribution is 6.04. The molecule has 4 aromatic rings. The summed E-state index contributed by atoms with van der Waals surface area (Å²) in [5, 5.41) is 0. The number of allylic oxidation sites excluding steroid dienone is 1. The van der Waals surface area contributed by atoms with Crippen molar-refractivity contribution in [1.82, 2.24) is 0 Å². The summed E-state index contributed by atoms with van der Waals surface area (Å²) in [7, 11) is 1.53. The average Bonchev–Trinajstić information content (AvgIpc) is 3.61. The first-order valence-corrected chi connectivity index (χ1v) is 21.0. The summed E-state index contributed by atoms with van der Waals surface area (Å²) in [6.45, 7) is 6.70.